The predicted molar refractivity (Wildman–Crippen MR) is 84.6 cm³/mol. The summed E-state index contributed by atoms with van der Waals surface area (Å²) >= 11 is 0. The molecular weight excluding hydrogens is 319 g/mol. The van der Waals surface area contributed by atoms with Crippen LogP contribution >= 0.6 is 0 Å². The smallest absolute Gasteiger partial charge is 0.218 e. The molecule has 0 aliphatic carbocycles. The zero-order valence-corrected chi connectivity index (χ0v) is 13.6. The van der Waals surface area contributed by atoms with Crippen LogP contribution < -0.4 is 0 Å². The Bertz CT molecular complexity index is 764. The van der Waals surface area contributed by atoms with Crippen LogP contribution in [0.2, 0.25) is 0 Å². The molecule has 23 heavy (non-hydrogen) atoms. The highest BCUT2D eigenvalue weighted by Gasteiger charge is 2.33. The minimum atomic E-state index is -3.58. The lowest BCUT2D eigenvalue weighted by molar-refractivity contribution is 0.142. The number of aromatic amines is 1. The first kappa shape index (κ1) is 16.1. The molecule has 1 aromatic carbocycles. The van der Waals surface area contributed by atoms with Gasteiger partial charge in [0.15, 0.2) is 0 Å². The molecule has 0 unspecified atom stereocenters. The summed E-state index contributed by atoms with van der Waals surface area (Å²) in [6.07, 6.45) is 3.37. The molecule has 2 aromatic rings. The Morgan fingerprint density at radius 2 is 2.13 bits per heavy atom. The van der Waals surface area contributed by atoms with E-state index in [0.717, 1.165) is 5.82 Å². The first-order valence-corrected chi connectivity index (χ1v) is 8.99. The van der Waals surface area contributed by atoms with Crippen molar-refractivity contribution in [2.75, 3.05) is 26.7 Å². The number of aromatic nitrogens is 2. The third-order valence-electron chi connectivity index (χ3n) is 4.13. The van der Waals surface area contributed by atoms with Crippen molar-refractivity contribution >= 4 is 10.0 Å². The highest BCUT2D eigenvalue weighted by atomic mass is 32.2. The maximum Gasteiger partial charge on any atom is 0.218 e. The molecule has 1 aliphatic rings. The molecule has 0 spiro atoms. The standard InChI is InChI=1S/C15H19FN4O2S/c1-19-8-9-20(10-14(19)15-17-6-7-18-15)23(21,22)11-12-4-2-3-5-13(12)16/h2-7,14H,8-11H2,1H3,(H,17,18)/t14-/m1/s1. The van der Waals surface area contributed by atoms with Crippen LogP contribution in [0.1, 0.15) is 17.4 Å². The number of hydrogen-bond donors (Lipinski definition) is 1. The molecule has 8 heteroatoms. The number of nitrogens with zero attached hydrogens (tertiary/aromatic N) is 3. The zero-order valence-electron chi connectivity index (χ0n) is 12.8. The molecule has 124 valence electrons. The number of rotatable bonds is 4. The van der Waals surface area contributed by atoms with Crippen LogP contribution in [0.5, 0.6) is 0 Å². The summed E-state index contributed by atoms with van der Waals surface area (Å²) in [5.41, 5.74) is 0.195. The molecule has 0 radical (unpaired) electrons. The van der Waals surface area contributed by atoms with Gasteiger partial charge in [0, 0.05) is 37.6 Å². The van der Waals surface area contributed by atoms with E-state index in [2.05, 4.69) is 14.9 Å². The molecule has 6 nitrogen and oxygen atoms in total. The van der Waals surface area contributed by atoms with Gasteiger partial charge in [-0.3, -0.25) is 4.90 Å². The van der Waals surface area contributed by atoms with Gasteiger partial charge in [-0.25, -0.2) is 17.8 Å². The Morgan fingerprint density at radius 3 is 2.83 bits per heavy atom. The third kappa shape index (κ3) is 3.44. The zero-order chi connectivity index (χ0) is 16.4. The van der Waals surface area contributed by atoms with Gasteiger partial charge in [0.2, 0.25) is 10.0 Å². The van der Waals surface area contributed by atoms with E-state index in [1.54, 1.807) is 24.5 Å². The van der Waals surface area contributed by atoms with Crippen LogP contribution in [0.4, 0.5) is 4.39 Å². The minimum absolute atomic E-state index is 0.130. The predicted octanol–water partition coefficient (Wildman–Crippen LogP) is 1.37. The van der Waals surface area contributed by atoms with Crippen LogP contribution in [0.25, 0.3) is 0 Å². The van der Waals surface area contributed by atoms with Gasteiger partial charge in [0.05, 0.1) is 11.8 Å². The van der Waals surface area contributed by atoms with Crippen LogP contribution in [0.15, 0.2) is 36.7 Å². The number of piperazine rings is 1. The van der Waals surface area contributed by atoms with E-state index in [4.69, 9.17) is 0 Å². The largest absolute Gasteiger partial charge is 0.347 e. The normalized spacial score (nSPS) is 20.7. The molecule has 0 saturated carbocycles. The second-order valence-electron chi connectivity index (χ2n) is 5.68. The van der Waals surface area contributed by atoms with Crippen molar-refractivity contribution in [3.63, 3.8) is 0 Å². The highest BCUT2D eigenvalue weighted by Crippen LogP contribution is 2.24. The Hall–Kier alpha value is -1.77. The number of likely N-dealkylation sites (N-methyl/N-ethyl adjacent to an activating group) is 1. The molecular formula is C15H19FN4O2S. The van der Waals surface area contributed by atoms with E-state index in [1.807, 2.05) is 7.05 Å². The monoisotopic (exact) mass is 338 g/mol. The van der Waals surface area contributed by atoms with E-state index in [-0.39, 0.29) is 17.4 Å². The second-order valence-corrected chi connectivity index (χ2v) is 7.65. The van der Waals surface area contributed by atoms with E-state index in [1.165, 1.54) is 16.4 Å². The SMILES string of the molecule is CN1CCN(S(=O)(=O)Cc2ccccc2F)C[C@@H]1c1ncc[nH]1. The minimum Gasteiger partial charge on any atom is -0.347 e. The summed E-state index contributed by atoms with van der Waals surface area (Å²) < 4.78 is 40.4. The average Bonchev–Trinajstić information content (AvgIpc) is 3.04. The molecule has 0 bridgehead atoms. The molecule has 2 heterocycles. The van der Waals surface area contributed by atoms with Gasteiger partial charge in [-0.05, 0) is 13.1 Å². The summed E-state index contributed by atoms with van der Waals surface area (Å²) in [7, 11) is -1.64. The van der Waals surface area contributed by atoms with E-state index < -0.39 is 15.8 Å². The summed E-state index contributed by atoms with van der Waals surface area (Å²) in [6, 6.07) is 5.85. The van der Waals surface area contributed by atoms with Crippen LogP contribution in [0.3, 0.4) is 0 Å². The van der Waals surface area contributed by atoms with Gasteiger partial charge in [-0.2, -0.15) is 4.31 Å². The number of benzene rings is 1. The third-order valence-corrected chi connectivity index (χ3v) is 5.93. The van der Waals surface area contributed by atoms with Crippen LogP contribution in [-0.2, 0) is 15.8 Å². The number of hydrogen-bond acceptors (Lipinski definition) is 4. The van der Waals surface area contributed by atoms with Gasteiger partial charge in [0.25, 0.3) is 0 Å². The van der Waals surface area contributed by atoms with Gasteiger partial charge in [-0.15, -0.1) is 0 Å². The molecule has 3 rings (SSSR count). The molecule has 1 atom stereocenters. The maximum absolute atomic E-state index is 13.7. The van der Waals surface area contributed by atoms with Gasteiger partial charge in [-0.1, -0.05) is 18.2 Å². The lowest BCUT2D eigenvalue weighted by Crippen LogP contribution is -2.49. The highest BCUT2D eigenvalue weighted by molar-refractivity contribution is 7.88. The maximum atomic E-state index is 13.7. The van der Waals surface area contributed by atoms with Crippen molar-refractivity contribution in [1.82, 2.24) is 19.2 Å². The number of sulfonamides is 1. The van der Waals surface area contributed by atoms with Crippen molar-refractivity contribution in [3.05, 3.63) is 53.9 Å². The molecule has 0 amide bonds. The molecule has 1 aromatic heterocycles. The summed E-state index contributed by atoms with van der Waals surface area (Å²) in [5.74, 6) is -0.0834. The fraction of sp³-hybridized carbons (Fsp3) is 0.400. The first-order chi connectivity index (χ1) is 11.0. The molecule has 1 N–H and O–H groups in total. The van der Waals surface area contributed by atoms with Crippen molar-refractivity contribution in [3.8, 4) is 0 Å². The summed E-state index contributed by atoms with van der Waals surface area (Å²) in [4.78, 5) is 9.32. The van der Waals surface area contributed by atoms with Crippen molar-refractivity contribution in [1.29, 1.82) is 0 Å². The van der Waals surface area contributed by atoms with Crippen LogP contribution in [0, 0.1) is 5.82 Å². The Morgan fingerprint density at radius 1 is 1.35 bits per heavy atom. The Labute approximate surface area is 135 Å². The lowest BCUT2D eigenvalue weighted by Gasteiger charge is -2.37. The topological polar surface area (TPSA) is 69.3 Å². The second kappa shape index (κ2) is 6.38. The van der Waals surface area contributed by atoms with Gasteiger partial charge in [0.1, 0.15) is 11.6 Å². The van der Waals surface area contributed by atoms with E-state index >= 15 is 0 Å². The average molecular weight is 338 g/mol. The Balaban J connectivity index is 1.79. The van der Waals surface area contributed by atoms with Crippen molar-refractivity contribution in [2.45, 2.75) is 11.8 Å². The fourth-order valence-electron chi connectivity index (χ4n) is 2.76. The molecule has 1 fully saturated rings. The number of H-pyrrole nitrogens is 1. The summed E-state index contributed by atoms with van der Waals surface area (Å²) in [6.45, 7) is 1.30. The summed E-state index contributed by atoms with van der Waals surface area (Å²) in [5, 5.41) is 0. The van der Waals surface area contributed by atoms with Gasteiger partial charge < -0.3 is 4.98 Å². The lowest BCUT2D eigenvalue weighted by atomic mass is 10.2. The molecule has 1 saturated heterocycles. The first-order valence-electron chi connectivity index (χ1n) is 7.38. The number of nitrogens with one attached hydrogen (secondary N) is 1. The molecule has 1 aliphatic heterocycles. The number of imidazole rings is 1. The van der Waals surface area contributed by atoms with E-state index in [9.17, 15) is 12.8 Å². The quantitative estimate of drug-likeness (QED) is 0.914. The van der Waals surface area contributed by atoms with Crippen molar-refractivity contribution < 1.29 is 12.8 Å². The van der Waals surface area contributed by atoms with E-state index in [0.29, 0.717) is 19.6 Å². The van der Waals surface area contributed by atoms with Gasteiger partial charge >= 0.3 is 0 Å². The Kier molecular flexibility index (Phi) is 4.47. The fourth-order valence-corrected chi connectivity index (χ4v) is 4.30. The van der Waals surface area contributed by atoms with Crippen molar-refractivity contribution in [2.24, 2.45) is 0 Å². The number of halogens is 1. The van der Waals surface area contributed by atoms with Crippen LogP contribution in [-0.4, -0.2) is 54.3 Å².